The highest BCUT2D eigenvalue weighted by molar-refractivity contribution is 6.31. The van der Waals surface area contributed by atoms with Gasteiger partial charge in [0.1, 0.15) is 11.5 Å². The first-order valence-corrected chi connectivity index (χ1v) is 6.52. The van der Waals surface area contributed by atoms with Crippen molar-refractivity contribution in [1.29, 1.82) is 0 Å². The summed E-state index contributed by atoms with van der Waals surface area (Å²) in [4.78, 5) is 14.5. The lowest BCUT2D eigenvalue weighted by Gasteiger charge is -2.05. The minimum absolute atomic E-state index is 0.0394. The summed E-state index contributed by atoms with van der Waals surface area (Å²) in [6, 6.07) is 5.69. The van der Waals surface area contributed by atoms with Crippen LogP contribution in [0, 0.1) is 17.7 Å². The number of anilines is 1. The second-order valence-electron chi connectivity index (χ2n) is 4.16. The highest BCUT2D eigenvalue weighted by atomic mass is 35.5. The molecule has 0 radical (unpaired) electrons. The maximum absolute atomic E-state index is 13.9. The SMILES string of the molecule is O=C(Nc1ccc(C#CCCO)cc1F)c1cc(Cl)c[nH]1. The molecule has 0 aliphatic heterocycles. The number of aliphatic hydroxyl groups is 1. The van der Waals surface area contributed by atoms with Crippen LogP contribution < -0.4 is 5.32 Å². The molecule has 6 heteroatoms. The van der Waals surface area contributed by atoms with E-state index in [1.807, 2.05) is 0 Å². The van der Waals surface area contributed by atoms with E-state index in [1.165, 1.54) is 24.4 Å². The molecule has 21 heavy (non-hydrogen) atoms. The van der Waals surface area contributed by atoms with Crippen LogP contribution in [0.3, 0.4) is 0 Å². The molecule has 1 heterocycles. The van der Waals surface area contributed by atoms with E-state index >= 15 is 0 Å². The van der Waals surface area contributed by atoms with Crippen molar-refractivity contribution in [2.75, 3.05) is 11.9 Å². The number of carbonyl (C=O) groups is 1. The number of aromatic nitrogens is 1. The molecule has 108 valence electrons. The summed E-state index contributed by atoms with van der Waals surface area (Å²) in [5.41, 5.74) is 0.770. The summed E-state index contributed by atoms with van der Waals surface area (Å²) in [7, 11) is 0. The van der Waals surface area contributed by atoms with E-state index in [1.54, 1.807) is 6.07 Å². The average Bonchev–Trinajstić information content (AvgIpc) is 2.89. The predicted molar refractivity (Wildman–Crippen MR) is 78.7 cm³/mol. The van der Waals surface area contributed by atoms with Crippen LogP contribution in [-0.2, 0) is 0 Å². The van der Waals surface area contributed by atoms with Crippen LogP contribution in [0.2, 0.25) is 5.02 Å². The fourth-order valence-electron chi connectivity index (χ4n) is 1.60. The molecule has 0 fully saturated rings. The smallest absolute Gasteiger partial charge is 0.272 e. The van der Waals surface area contributed by atoms with E-state index in [0.717, 1.165) is 0 Å². The minimum Gasteiger partial charge on any atom is -0.395 e. The van der Waals surface area contributed by atoms with Gasteiger partial charge in [-0.05, 0) is 24.3 Å². The summed E-state index contributed by atoms with van der Waals surface area (Å²) >= 11 is 5.70. The Bertz CT molecular complexity index is 716. The Morgan fingerprint density at radius 1 is 1.43 bits per heavy atom. The van der Waals surface area contributed by atoms with Crippen molar-refractivity contribution in [1.82, 2.24) is 4.98 Å². The third-order valence-corrected chi connectivity index (χ3v) is 2.80. The van der Waals surface area contributed by atoms with E-state index in [2.05, 4.69) is 22.1 Å². The molecule has 0 atom stereocenters. The van der Waals surface area contributed by atoms with Crippen molar-refractivity contribution >= 4 is 23.2 Å². The summed E-state index contributed by atoms with van der Waals surface area (Å²) in [5.74, 6) is 4.34. The number of H-pyrrole nitrogens is 1. The van der Waals surface area contributed by atoms with Crippen LogP contribution >= 0.6 is 11.6 Å². The van der Waals surface area contributed by atoms with Gasteiger partial charge in [0.05, 0.1) is 17.3 Å². The molecule has 0 aliphatic carbocycles. The Morgan fingerprint density at radius 3 is 2.86 bits per heavy atom. The topological polar surface area (TPSA) is 65.1 Å². The van der Waals surface area contributed by atoms with Gasteiger partial charge in [0.15, 0.2) is 0 Å². The van der Waals surface area contributed by atoms with Crippen molar-refractivity contribution in [3.05, 3.63) is 52.6 Å². The molecule has 0 aliphatic rings. The van der Waals surface area contributed by atoms with Gasteiger partial charge in [-0.15, -0.1) is 0 Å². The maximum Gasteiger partial charge on any atom is 0.272 e. The van der Waals surface area contributed by atoms with Gasteiger partial charge in [0.25, 0.3) is 5.91 Å². The normalized spacial score (nSPS) is 9.86. The maximum atomic E-state index is 13.9. The van der Waals surface area contributed by atoms with Crippen LogP contribution in [0.25, 0.3) is 0 Å². The molecule has 0 unspecified atom stereocenters. The van der Waals surface area contributed by atoms with E-state index in [0.29, 0.717) is 17.0 Å². The van der Waals surface area contributed by atoms with Gasteiger partial charge in [-0.25, -0.2) is 4.39 Å². The van der Waals surface area contributed by atoms with Gasteiger partial charge in [0, 0.05) is 18.2 Å². The van der Waals surface area contributed by atoms with Crippen molar-refractivity contribution < 1.29 is 14.3 Å². The zero-order valence-electron chi connectivity index (χ0n) is 10.9. The Morgan fingerprint density at radius 2 is 2.24 bits per heavy atom. The molecule has 1 amide bonds. The number of aromatic amines is 1. The molecule has 0 saturated heterocycles. The van der Waals surface area contributed by atoms with Crippen LogP contribution in [-0.4, -0.2) is 22.6 Å². The lowest BCUT2D eigenvalue weighted by molar-refractivity contribution is 0.102. The van der Waals surface area contributed by atoms with E-state index < -0.39 is 11.7 Å². The Labute approximate surface area is 125 Å². The number of nitrogens with one attached hydrogen (secondary N) is 2. The molecule has 2 rings (SSSR count). The largest absolute Gasteiger partial charge is 0.395 e. The Kier molecular flexibility index (Phi) is 4.99. The monoisotopic (exact) mass is 306 g/mol. The first-order valence-electron chi connectivity index (χ1n) is 6.14. The van der Waals surface area contributed by atoms with Gasteiger partial charge in [-0.2, -0.15) is 0 Å². The number of amides is 1. The minimum atomic E-state index is -0.586. The summed E-state index contributed by atoms with van der Waals surface area (Å²) in [5, 5.41) is 11.5. The van der Waals surface area contributed by atoms with Crippen LogP contribution in [0.5, 0.6) is 0 Å². The van der Waals surface area contributed by atoms with Gasteiger partial charge in [0.2, 0.25) is 0 Å². The van der Waals surface area contributed by atoms with Crippen molar-refractivity contribution in [3.63, 3.8) is 0 Å². The van der Waals surface area contributed by atoms with Gasteiger partial charge < -0.3 is 15.4 Å². The van der Waals surface area contributed by atoms with Crippen LogP contribution in [0.15, 0.2) is 30.5 Å². The number of carbonyl (C=O) groups excluding carboxylic acids is 1. The second-order valence-corrected chi connectivity index (χ2v) is 4.59. The van der Waals surface area contributed by atoms with E-state index in [4.69, 9.17) is 16.7 Å². The standard InChI is InChI=1S/C15H12ClFN2O2/c16-11-8-14(18-9-11)15(21)19-13-5-4-10(7-12(13)17)3-1-2-6-20/h4-5,7-9,18,20H,2,6H2,(H,19,21). The Hall–Kier alpha value is -2.29. The number of aliphatic hydroxyl groups excluding tert-OH is 1. The first-order chi connectivity index (χ1) is 10.1. The average molecular weight is 307 g/mol. The third kappa shape index (κ3) is 4.09. The fourth-order valence-corrected chi connectivity index (χ4v) is 1.77. The molecule has 0 saturated carbocycles. The van der Waals surface area contributed by atoms with E-state index in [-0.39, 0.29) is 18.0 Å². The number of halogens is 2. The molecule has 4 nitrogen and oxygen atoms in total. The van der Waals surface area contributed by atoms with Crippen LogP contribution in [0.1, 0.15) is 22.5 Å². The van der Waals surface area contributed by atoms with Gasteiger partial charge >= 0.3 is 0 Å². The lowest BCUT2D eigenvalue weighted by Crippen LogP contribution is -2.13. The van der Waals surface area contributed by atoms with Gasteiger partial charge in [-0.3, -0.25) is 4.79 Å². The van der Waals surface area contributed by atoms with E-state index in [9.17, 15) is 9.18 Å². The second kappa shape index (κ2) is 6.93. The molecule has 2 aromatic rings. The number of hydrogen-bond acceptors (Lipinski definition) is 2. The zero-order valence-corrected chi connectivity index (χ0v) is 11.7. The molecule has 0 bridgehead atoms. The molecule has 1 aromatic heterocycles. The first kappa shape index (κ1) is 15.1. The summed E-state index contributed by atoms with van der Waals surface area (Å²) in [6.07, 6.45) is 1.79. The molecule has 1 aromatic carbocycles. The lowest BCUT2D eigenvalue weighted by atomic mass is 10.2. The molecular weight excluding hydrogens is 295 g/mol. The van der Waals surface area contributed by atoms with Gasteiger partial charge in [-0.1, -0.05) is 23.4 Å². The van der Waals surface area contributed by atoms with Crippen molar-refractivity contribution in [2.24, 2.45) is 0 Å². The highest BCUT2D eigenvalue weighted by Gasteiger charge is 2.11. The highest BCUT2D eigenvalue weighted by Crippen LogP contribution is 2.17. The Balaban J connectivity index is 2.11. The predicted octanol–water partition coefficient (Wildman–Crippen LogP) is 2.79. The number of hydrogen-bond donors (Lipinski definition) is 3. The summed E-state index contributed by atoms with van der Waals surface area (Å²) < 4.78 is 13.9. The third-order valence-electron chi connectivity index (χ3n) is 2.58. The number of benzene rings is 1. The molecule has 0 spiro atoms. The fraction of sp³-hybridized carbons (Fsp3) is 0.133. The molecular formula is C15H12ClFN2O2. The zero-order chi connectivity index (χ0) is 15.2. The molecule has 3 N–H and O–H groups in total. The summed E-state index contributed by atoms with van der Waals surface area (Å²) in [6.45, 7) is -0.0394. The van der Waals surface area contributed by atoms with Crippen molar-refractivity contribution in [2.45, 2.75) is 6.42 Å². The quantitative estimate of drug-likeness (QED) is 0.763. The van der Waals surface area contributed by atoms with Crippen LogP contribution in [0.4, 0.5) is 10.1 Å². The van der Waals surface area contributed by atoms with Crippen molar-refractivity contribution in [3.8, 4) is 11.8 Å². The number of rotatable bonds is 3.